The van der Waals surface area contributed by atoms with Crippen LogP contribution in [0.2, 0.25) is 5.02 Å². The molecule has 2 aromatic carbocycles. The van der Waals surface area contributed by atoms with Crippen LogP contribution in [-0.2, 0) is 11.2 Å². The van der Waals surface area contributed by atoms with Crippen LogP contribution in [-0.4, -0.2) is 53.9 Å². The lowest BCUT2D eigenvalue weighted by atomic mass is 10.1. The van der Waals surface area contributed by atoms with Gasteiger partial charge in [-0.1, -0.05) is 35.9 Å². The maximum Gasteiger partial charge on any atom is 0.264 e. The van der Waals surface area contributed by atoms with Crippen molar-refractivity contribution in [3.8, 4) is 5.75 Å². The summed E-state index contributed by atoms with van der Waals surface area (Å²) < 4.78 is 5.79. The molecule has 0 N–H and O–H groups in total. The zero-order valence-corrected chi connectivity index (χ0v) is 15.0. The van der Waals surface area contributed by atoms with Gasteiger partial charge in [0.05, 0.1) is 0 Å². The normalized spacial score (nSPS) is 19.0. The van der Waals surface area contributed by atoms with Gasteiger partial charge in [0, 0.05) is 43.2 Å². The maximum atomic E-state index is 12.7. The topological polar surface area (TPSA) is 49.9 Å². The molecule has 0 bridgehead atoms. The SMILES string of the molecule is O=C(c1cccc(Cl)c1)N1CCN(C(=O)[C@@H]2Cc3ccccc3O2)CC1. The second-order valence-corrected chi connectivity index (χ2v) is 6.98. The van der Waals surface area contributed by atoms with Gasteiger partial charge in [-0.25, -0.2) is 0 Å². The van der Waals surface area contributed by atoms with Crippen molar-refractivity contribution in [2.45, 2.75) is 12.5 Å². The van der Waals surface area contributed by atoms with Crippen molar-refractivity contribution in [3.63, 3.8) is 0 Å². The van der Waals surface area contributed by atoms with Gasteiger partial charge in [-0.3, -0.25) is 9.59 Å². The number of benzene rings is 2. The number of hydrogen-bond donors (Lipinski definition) is 0. The first-order chi connectivity index (χ1) is 12.6. The molecule has 2 aliphatic rings. The lowest BCUT2D eigenvalue weighted by Gasteiger charge is -2.35. The summed E-state index contributed by atoms with van der Waals surface area (Å²) in [5.41, 5.74) is 1.65. The minimum absolute atomic E-state index is 0.00365. The summed E-state index contributed by atoms with van der Waals surface area (Å²) in [6.45, 7) is 2.05. The number of para-hydroxylation sites is 1. The molecule has 1 atom stereocenters. The quantitative estimate of drug-likeness (QED) is 0.816. The van der Waals surface area contributed by atoms with Crippen LogP contribution in [0.1, 0.15) is 15.9 Å². The lowest BCUT2D eigenvalue weighted by molar-refractivity contribution is -0.139. The van der Waals surface area contributed by atoms with Gasteiger partial charge in [0.15, 0.2) is 6.10 Å². The Balaban J connectivity index is 1.35. The van der Waals surface area contributed by atoms with Gasteiger partial charge < -0.3 is 14.5 Å². The Labute approximate surface area is 157 Å². The minimum Gasteiger partial charge on any atom is -0.480 e. The van der Waals surface area contributed by atoms with Gasteiger partial charge in [0.1, 0.15) is 5.75 Å². The summed E-state index contributed by atoms with van der Waals surface area (Å²) in [5.74, 6) is 0.737. The largest absolute Gasteiger partial charge is 0.480 e. The van der Waals surface area contributed by atoms with E-state index < -0.39 is 6.10 Å². The Morgan fingerprint density at radius 2 is 1.69 bits per heavy atom. The highest BCUT2D eigenvalue weighted by molar-refractivity contribution is 6.30. The van der Waals surface area contributed by atoms with E-state index in [9.17, 15) is 9.59 Å². The standard InChI is InChI=1S/C20H19ClN2O3/c21-16-6-3-5-15(12-16)19(24)22-8-10-23(11-9-22)20(25)18-13-14-4-1-2-7-17(14)26-18/h1-7,12,18H,8-11,13H2/t18-/m0/s1. The van der Waals surface area contributed by atoms with E-state index in [4.69, 9.17) is 16.3 Å². The molecule has 134 valence electrons. The molecule has 26 heavy (non-hydrogen) atoms. The van der Waals surface area contributed by atoms with Gasteiger partial charge in [-0.2, -0.15) is 0 Å². The van der Waals surface area contributed by atoms with E-state index in [1.54, 1.807) is 34.1 Å². The zero-order chi connectivity index (χ0) is 18.1. The number of amides is 2. The smallest absolute Gasteiger partial charge is 0.264 e. The Kier molecular flexibility index (Phi) is 4.55. The molecule has 0 radical (unpaired) electrons. The van der Waals surface area contributed by atoms with Crippen LogP contribution in [0, 0.1) is 0 Å². The highest BCUT2D eigenvalue weighted by Crippen LogP contribution is 2.29. The van der Waals surface area contributed by atoms with Crippen LogP contribution in [0.5, 0.6) is 5.75 Å². The van der Waals surface area contributed by atoms with Crippen LogP contribution in [0.3, 0.4) is 0 Å². The fraction of sp³-hybridized carbons (Fsp3) is 0.300. The summed E-state index contributed by atoms with van der Waals surface area (Å²) >= 11 is 5.97. The van der Waals surface area contributed by atoms with Crippen molar-refractivity contribution in [1.82, 2.24) is 9.80 Å². The number of carbonyl (C=O) groups excluding carboxylic acids is 2. The first-order valence-electron chi connectivity index (χ1n) is 8.70. The van der Waals surface area contributed by atoms with Gasteiger partial charge in [-0.15, -0.1) is 0 Å². The molecular weight excluding hydrogens is 352 g/mol. The van der Waals surface area contributed by atoms with Crippen molar-refractivity contribution in [2.24, 2.45) is 0 Å². The van der Waals surface area contributed by atoms with Gasteiger partial charge >= 0.3 is 0 Å². The number of hydrogen-bond acceptors (Lipinski definition) is 3. The molecule has 0 spiro atoms. The number of halogens is 1. The third kappa shape index (κ3) is 3.27. The van der Waals surface area contributed by atoms with Crippen molar-refractivity contribution < 1.29 is 14.3 Å². The van der Waals surface area contributed by atoms with Crippen molar-refractivity contribution in [2.75, 3.05) is 26.2 Å². The van der Waals surface area contributed by atoms with E-state index in [-0.39, 0.29) is 11.8 Å². The third-order valence-corrected chi connectivity index (χ3v) is 5.11. The summed E-state index contributed by atoms with van der Waals surface area (Å²) in [6, 6.07) is 14.7. The van der Waals surface area contributed by atoms with E-state index in [1.807, 2.05) is 24.3 Å². The maximum absolute atomic E-state index is 12.7. The van der Waals surface area contributed by atoms with Crippen LogP contribution < -0.4 is 4.74 Å². The highest BCUT2D eigenvalue weighted by atomic mass is 35.5. The number of nitrogens with zero attached hydrogens (tertiary/aromatic N) is 2. The van der Waals surface area contributed by atoms with Gasteiger partial charge in [0.2, 0.25) is 0 Å². The molecule has 2 aliphatic heterocycles. The van der Waals surface area contributed by atoms with E-state index >= 15 is 0 Å². The first kappa shape index (κ1) is 16.9. The first-order valence-corrected chi connectivity index (χ1v) is 9.08. The van der Waals surface area contributed by atoms with E-state index in [1.165, 1.54) is 0 Å². The molecule has 2 amide bonds. The molecule has 1 saturated heterocycles. The number of ether oxygens (including phenoxy) is 1. The molecule has 0 unspecified atom stereocenters. The molecule has 5 nitrogen and oxygen atoms in total. The average molecular weight is 371 g/mol. The summed E-state index contributed by atoms with van der Waals surface area (Å²) in [5, 5.41) is 0.544. The van der Waals surface area contributed by atoms with Gasteiger partial charge in [0.25, 0.3) is 11.8 Å². The lowest BCUT2D eigenvalue weighted by Crippen LogP contribution is -2.53. The minimum atomic E-state index is -0.456. The average Bonchev–Trinajstić information content (AvgIpc) is 3.11. The van der Waals surface area contributed by atoms with E-state index in [2.05, 4.69) is 0 Å². The van der Waals surface area contributed by atoms with E-state index in [0.717, 1.165) is 11.3 Å². The van der Waals surface area contributed by atoms with Gasteiger partial charge in [-0.05, 0) is 29.8 Å². The molecule has 0 aliphatic carbocycles. The molecule has 0 saturated carbocycles. The molecule has 6 heteroatoms. The molecular formula is C20H19ClN2O3. The van der Waals surface area contributed by atoms with Crippen molar-refractivity contribution in [3.05, 3.63) is 64.7 Å². The van der Waals surface area contributed by atoms with Crippen LogP contribution in [0.4, 0.5) is 0 Å². The summed E-state index contributed by atoms with van der Waals surface area (Å²) in [7, 11) is 0. The number of fused-ring (bicyclic) bond motifs is 1. The summed E-state index contributed by atoms with van der Waals surface area (Å²) in [4.78, 5) is 28.9. The molecule has 2 heterocycles. The second kappa shape index (κ2) is 7.00. The monoisotopic (exact) mass is 370 g/mol. The fourth-order valence-corrected chi connectivity index (χ4v) is 3.65. The third-order valence-electron chi connectivity index (χ3n) is 4.87. The second-order valence-electron chi connectivity index (χ2n) is 6.55. The Morgan fingerprint density at radius 1 is 0.962 bits per heavy atom. The zero-order valence-electron chi connectivity index (χ0n) is 14.2. The molecule has 0 aromatic heterocycles. The number of carbonyl (C=O) groups is 2. The fourth-order valence-electron chi connectivity index (χ4n) is 3.46. The molecule has 4 rings (SSSR count). The van der Waals surface area contributed by atoms with Crippen LogP contribution in [0.15, 0.2) is 48.5 Å². The Bertz CT molecular complexity index is 821. The van der Waals surface area contributed by atoms with Crippen molar-refractivity contribution >= 4 is 23.4 Å². The van der Waals surface area contributed by atoms with Crippen molar-refractivity contribution in [1.29, 1.82) is 0 Å². The predicted octanol–water partition coefficient (Wildman–Crippen LogP) is 2.63. The molecule has 1 fully saturated rings. The van der Waals surface area contributed by atoms with E-state index in [0.29, 0.717) is 43.2 Å². The molecule has 2 aromatic rings. The summed E-state index contributed by atoms with van der Waals surface area (Å²) in [6.07, 6.45) is 0.152. The highest BCUT2D eigenvalue weighted by Gasteiger charge is 2.34. The number of rotatable bonds is 2. The van der Waals surface area contributed by atoms with Crippen LogP contribution >= 0.6 is 11.6 Å². The Morgan fingerprint density at radius 3 is 2.42 bits per heavy atom. The predicted molar refractivity (Wildman–Crippen MR) is 98.5 cm³/mol. The number of piperazine rings is 1. The Hall–Kier alpha value is -2.53. The van der Waals surface area contributed by atoms with Crippen LogP contribution in [0.25, 0.3) is 0 Å².